The normalized spacial score (nSPS) is 27.0. The summed E-state index contributed by atoms with van der Waals surface area (Å²) in [4.78, 5) is 0. The van der Waals surface area contributed by atoms with E-state index >= 15 is 0 Å². The molecule has 2 rings (SSSR count). The van der Waals surface area contributed by atoms with Gasteiger partial charge in [-0.2, -0.15) is 0 Å². The molecule has 18 heavy (non-hydrogen) atoms. The van der Waals surface area contributed by atoms with E-state index in [-0.39, 0.29) is 12.1 Å². The van der Waals surface area contributed by atoms with Crippen molar-refractivity contribution >= 4 is 0 Å². The molecule has 2 N–H and O–H groups in total. The van der Waals surface area contributed by atoms with E-state index in [0.717, 1.165) is 25.7 Å². The van der Waals surface area contributed by atoms with Crippen LogP contribution in [0.15, 0.2) is 0 Å². The summed E-state index contributed by atoms with van der Waals surface area (Å²) in [6, 6.07) is 0. The third-order valence-electron chi connectivity index (χ3n) is 4.97. The van der Waals surface area contributed by atoms with Crippen molar-refractivity contribution in [3.63, 3.8) is 0 Å². The van der Waals surface area contributed by atoms with Gasteiger partial charge in [0.25, 0.3) is 0 Å². The van der Waals surface area contributed by atoms with Crippen LogP contribution < -0.4 is 5.32 Å². The predicted molar refractivity (Wildman–Crippen MR) is 73.6 cm³/mol. The first-order chi connectivity index (χ1) is 8.74. The van der Waals surface area contributed by atoms with Gasteiger partial charge in [-0.25, -0.2) is 0 Å². The zero-order chi connectivity index (χ0) is 12.8. The molecule has 0 unspecified atom stereocenters. The van der Waals surface area contributed by atoms with Crippen LogP contribution in [0.25, 0.3) is 0 Å². The quantitative estimate of drug-likeness (QED) is 0.792. The zero-order valence-corrected chi connectivity index (χ0v) is 11.8. The first kappa shape index (κ1) is 14.3. The second-order valence-electron chi connectivity index (χ2n) is 6.35. The summed E-state index contributed by atoms with van der Waals surface area (Å²) < 4.78 is 5.40. The van der Waals surface area contributed by atoms with Gasteiger partial charge in [0.1, 0.15) is 0 Å². The summed E-state index contributed by atoms with van der Waals surface area (Å²) in [6.07, 6.45) is 8.92. The Morgan fingerprint density at radius 2 is 1.78 bits per heavy atom. The van der Waals surface area contributed by atoms with E-state index in [2.05, 4.69) is 12.2 Å². The number of ether oxygens (including phenoxy) is 1. The van der Waals surface area contributed by atoms with Crippen LogP contribution in [-0.4, -0.2) is 37.0 Å². The molecule has 3 heteroatoms. The van der Waals surface area contributed by atoms with Gasteiger partial charge in [-0.15, -0.1) is 0 Å². The molecule has 3 nitrogen and oxygen atoms in total. The van der Waals surface area contributed by atoms with Gasteiger partial charge < -0.3 is 15.2 Å². The lowest BCUT2D eigenvalue weighted by Gasteiger charge is -2.40. The van der Waals surface area contributed by atoms with E-state index in [9.17, 15) is 5.11 Å². The molecule has 2 aliphatic rings. The average molecular weight is 255 g/mol. The second-order valence-corrected chi connectivity index (χ2v) is 6.35. The Hall–Kier alpha value is -0.120. The lowest BCUT2D eigenvalue weighted by atomic mass is 9.75. The van der Waals surface area contributed by atoms with Crippen LogP contribution in [0.3, 0.4) is 0 Å². The monoisotopic (exact) mass is 255 g/mol. The van der Waals surface area contributed by atoms with Crippen LogP contribution in [-0.2, 0) is 4.74 Å². The molecule has 1 aliphatic heterocycles. The van der Waals surface area contributed by atoms with Gasteiger partial charge in [0, 0.05) is 18.8 Å². The Morgan fingerprint density at radius 1 is 1.11 bits per heavy atom. The largest absolute Gasteiger partial charge is 0.394 e. The number of nitrogens with one attached hydrogen (secondary N) is 1. The molecule has 0 bridgehead atoms. The Bertz CT molecular complexity index is 235. The SMILES string of the molecule is C[C@](CO)(NCC1CCOCC1)C1CCCCC1. The van der Waals surface area contributed by atoms with Crippen LogP contribution in [0.4, 0.5) is 0 Å². The van der Waals surface area contributed by atoms with E-state index in [1.54, 1.807) is 0 Å². The highest BCUT2D eigenvalue weighted by atomic mass is 16.5. The van der Waals surface area contributed by atoms with Crippen LogP contribution in [0.5, 0.6) is 0 Å². The Morgan fingerprint density at radius 3 is 2.39 bits per heavy atom. The molecule has 1 atom stereocenters. The molecule has 0 aromatic heterocycles. The molecule has 0 amide bonds. The van der Waals surface area contributed by atoms with Crippen molar-refractivity contribution in [2.24, 2.45) is 11.8 Å². The topological polar surface area (TPSA) is 41.5 Å². The van der Waals surface area contributed by atoms with Crippen molar-refractivity contribution in [1.82, 2.24) is 5.32 Å². The molecule has 1 saturated carbocycles. The summed E-state index contributed by atoms with van der Waals surface area (Å²) in [7, 11) is 0. The number of aliphatic hydroxyl groups excluding tert-OH is 1. The fourth-order valence-electron chi connectivity index (χ4n) is 3.40. The highest BCUT2D eigenvalue weighted by Crippen LogP contribution is 2.32. The minimum atomic E-state index is -0.0707. The minimum Gasteiger partial charge on any atom is -0.394 e. The first-order valence-corrected chi connectivity index (χ1v) is 7.68. The maximum atomic E-state index is 9.78. The van der Waals surface area contributed by atoms with Gasteiger partial charge in [0.15, 0.2) is 0 Å². The molecule has 0 radical (unpaired) electrons. The van der Waals surface area contributed by atoms with Gasteiger partial charge in [0.2, 0.25) is 0 Å². The summed E-state index contributed by atoms with van der Waals surface area (Å²) in [5.74, 6) is 1.38. The van der Waals surface area contributed by atoms with E-state index in [4.69, 9.17) is 4.74 Å². The van der Waals surface area contributed by atoms with Crippen LogP contribution in [0.2, 0.25) is 0 Å². The van der Waals surface area contributed by atoms with Gasteiger partial charge >= 0.3 is 0 Å². The molecule has 2 fully saturated rings. The van der Waals surface area contributed by atoms with Crippen molar-refractivity contribution < 1.29 is 9.84 Å². The molecule has 106 valence electrons. The number of rotatable bonds is 5. The summed E-state index contributed by atoms with van der Waals surface area (Å²) in [5.41, 5.74) is -0.0707. The van der Waals surface area contributed by atoms with Gasteiger partial charge in [0.05, 0.1) is 6.61 Å². The zero-order valence-electron chi connectivity index (χ0n) is 11.8. The fourth-order valence-corrected chi connectivity index (χ4v) is 3.40. The van der Waals surface area contributed by atoms with E-state index in [1.807, 2.05) is 0 Å². The van der Waals surface area contributed by atoms with Crippen molar-refractivity contribution in [3.8, 4) is 0 Å². The third kappa shape index (κ3) is 3.69. The van der Waals surface area contributed by atoms with Gasteiger partial charge in [-0.05, 0) is 51.0 Å². The van der Waals surface area contributed by atoms with Crippen LogP contribution in [0.1, 0.15) is 51.9 Å². The molecule has 0 aromatic rings. The molecular formula is C15H29NO2. The Labute approximate surface area is 111 Å². The second kappa shape index (κ2) is 6.88. The lowest BCUT2D eigenvalue weighted by Crippen LogP contribution is -2.54. The fraction of sp³-hybridized carbons (Fsp3) is 1.00. The average Bonchev–Trinajstić information content (AvgIpc) is 2.47. The Kier molecular flexibility index (Phi) is 5.46. The van der Waals surface area contributed by atoms with Gasteiger partial charge in [-0.1, -0.05) is 19.3 Å². The molecule has 0 aromatic carbocycles. The molecule has 1 aliphatic carbocycles. The van der Waals surface area contributed by atoms with Crippen LogP contribution in [0, 0.1) is 11.8 Å². The van der Waals surface area contributed by atoms with E-state index in [0.29, 0.717) is 5.92 Å². The number of hydrogen-bond donors (Lipinski definition) is 2. The summed E-state index contributed by atoms with van der Waals surface area (Å²) >= 11 is 0. The summed E-state index contributed by atoms with van der Waals surface area (Å²) in [6.45, 7) is 5.33. The third-order valence-corrected chi connectivity index (χ3v) is 4.97. The van der Waals surface area contributed by atoms with E-state index in [1.165, 1.54) is 44.9 Å². The Balaban J connectivity index is 1.82. The van der Waals surface area contributed by atoms with Crippen molar-refractivity contribution in [3.05, 3.63) is 0 Å². The van der Waals surface area contributed by atoms with E-state index < -0.39 is 0 Å². The standard InChI is InChI=1S/C15H29NO2/c1-15(12-17,14-5-3-2-4-6-14)16-11-13-7-9-18-10-8-13/h13-14,16-17H,2-12H2,1H3/t15-/m1/s1. The predicted octanol–water partition coefficient (Wildman–Crippen LogP) is 2.33. The molecule has 1 heterocycles. The highest BCUT2D eigenvalue weighted by molar-refractivity contribution is 4.92. The van der Waals surface area contributed by atoms with Crippen molar-refractivity contribution in [2.75, 3.05) is 26.4 Å². The number of aliphatic hydroxyl groups is 1. The first-order valence-electron chi connectivity index (χ1n) is 7.68. The van der Waals surface area contributed by atoms with Crippen molar-refractivity contribution in [2.45, 2.75) is 57.4 Å². The van der Waals surface area contributed by atoms with Crippen LogP contribution >= 0.6 is 0 Å². The smallest absolute Gasteiger partial charge is 0.0613 e. The maximum absolute atomic E-state index is 9.78. The molecule has 1 saturated heterocycles. The molecule has 0 spiro atoms. The number of hydrogen-bond acceptors (Lipinski definition) is 3. The summed E-state index contributed by atoms with van der Waals surface area (Å²) in [5, 5.41) is 13.5. The van der Waals surface area contributed by atoms with Crippen molar-refractivity contribution in [1.29, 1.82) is 0 Å². The van der Waals surface area contributed by atoms with Gasteiger partial charge in [-0.3, -0.25) is 0 Å². The minimum absolute atomic E-state index is 0.0707. The molecular weight excluding hydrogens is 226 g/mol. The lowest BCUT2D eigenvalue weighted by molar-refractivity contribution is 0.0513. The highest BCUT2D eigenvalue weighted by Gasteiger charge is 2.34. The maximum Gasteiger partial charge on any atom is 0.0613 e.